The van der Waals surface area contributed by atoms with Crippen LogP contribution in [0.1, 0.15) is 19.8 Å². The molecule has 2 N–H and O–H groups in total. The summed E-state index contributed by atoms with van der Waals surface area (Å²) in [5.41, 5.74) is 0. The summed E-state index contributed by atoms with van der Waals surface area (Å²) < 4.78 is 5.31. The van der Waals surface area contributed by atoms with E-state index in [1.165, 1.54) is 19.4 Å². The molecule has 0 aromatic carbocycles. The predicted molar refractivity (Wildman–Crippen MR) is 76.4 cm³/mol. The second-order valence-electron chi connectivity index (χ2n) is 5.65. The van der Waals surface area contributed by atoms with Crippen molar-refractivity contribution < 1.29 is 9.84 Å². The van der Waals surface area contributed by atoms with Crippen LogP contribution in [0.25, 0.3) is 0 Å². The molecule has 0 aliphatic carbocycles. The number of hydrogen-bond acceptors (Lipinski definition) is 5. The molecule has 2 rings (SSSR count). The van der Waals surface area contributed by atoms with Crippen molar-refractivity contribution in [3.63, 3.8) is 0 Å². The Labute approximate surface area is 116 Å². The summed E-state index contributed by atoms with van der Waals surface area (Å²) in [5, 5.41) is 13.5. The standard InChI is InChI=1S/C14H29N3O2/c1-2-17-5-3-4-13(17)10-15-11-14(18)12-16-6-8-19-9-7-16/h13-15,18H,2-12H2,1H3. The Morgan fingerprint density at radius 3 is 2.84 bits per heavy atom. The normalized spacial score (nSPS) is 27.8. The van der Waals surface area contributed by atoms with Gasteiger partial charge < -0.3 is 15.2 Å². The van der Waals surface area contributed by atoms with Gasteiger partial charge in [-0.05, 0) is 25.9 Å². The zero-order valence-electron chi connectivity index (χ0n) is 12.2. The minimum atomic E-state index is -0.269. The fourth-order valence-electron chi connectivity index (χ4n) is 3.11. The summed E-state index contributed by atoms with van der Waals surface area (Å²) in [6, 6.07) is 0.667. The molecule has 0 aromatic heterocycles. The maximum atomic E-state index is 10.0. The third-order valence-corrected chi connectivity index (χ3v) is 4.24. The summed E-state index contributed by atoms with van der Waals surface area (Å²) in [4.78, 5) is 4.81. The largest absolute Gasteiger partial charge is 0.390 e. The number of ether oxygens (including phenoxy) is 1. The van der Waals surface area contributed by atoms with Crippen molar-refractivity contribution in [2.24, 2.45) is 0 Å². The highest BCUT2D eigenvalue weighted by atomic mass is 16.5. The Hall–Kier alpha value is -0.200. The van der Waals surface area contributed by atoms with Crippen molar-refractivity contribution in [2.45, 2.75) is 31.9 Å². The molecule has 0 amide bonds. The highest BCUT2D eigenvalue weighted by molar-refractivity contribution is 4.80. The van der Waals surface area contributed by atoms with Crippen LogP contribution >= 0.6 is 0 Å². The minimum absolute atomic E-state index is 0.269. The molecule has 2 heterocycles. The van der Waals surface area contributed by atoms with Gasteiger partial charge in [0.25, 0.3) is 0 Å². The molecule has 2 aliphatic heterocycles. The molecule has 0 saturated carbocycles. The topological polar surface area (TPSA) is 48.0 Å². The molecular formula is C14H29N3O2. The number of morpholine rings is 1. The van der Waals surface area contributed by atoms with E-state index in [1.54, 1.807) is 0 Å². The van der Waals surface area contributed by atoms with E-state index in [0.29, 0.717) is 12.6 Å². The van der Waals surface area contributed by atoms with E-state index in [9.17, 15) is 5.11 Å². The number of hydrogen-bond donors (Lipinski definition) is 2. The molecule has 0 bridgehead atoms. The number of nitrogens with zero attached hydrogens (tertiary/aromatic N) is 2. The first-order valence-electron chi connectivity index (χ1n) is 7.72. The molecule has 5 heteroatoms. The first-order chi connectivity index (χ1) is 9.29. The van der Waals surface area contributed by atoms with Crippen molar-refractivity contribution in [3.8, 4) is 0 Å². The molecule has 0 radical (unpaired) electrons. The molecular weight excluding hydrogens is 242 g/mol. The molecule has 2 unspecified atom stereocenters. The molecule has 5 nitrogen and oxygen atoms in total. The minimum Gasteiger partial charge on any atom is -0.390 e. The fraction of sp³-hybridized carbons (Fsp3) is 1.00. The first-order valence-corrected chi connectivity index (χ1v) is 7.72. The van der Waals surface area contributed by atoms with Gasteiger partial charge in [0.05, 0.1) is 19.3 Å². The van der Waals surface area contributed by atoms with E-state index in [2.05, 4.69) is 22.0 Å². The van der Waals surface area contributed by atoms with Gasteiger partial charge in [-0.3, -0.25) is 9.80 Å². The van der Waals surface area contributed by atoms with Crippen LogP contribution in [-0.4, -0.2) is 86.1 Å². The maximum absolute atomic E-state index is 10.0. The maximum Gasteiger partial charge on any atom is 0.0791 e. The van der Waals surface area contributed by atoms with Crippen LogP contribution in [0.15, 0.2) is 0 Å². The van der Waals surface area contributed by atoms with E-state index >= 15 is 0 Å². The lowest BCUT2D eigenvalue weighted by atomic mass is 10.2. The van der Waals surface area contributed by atoms with E-state index < -0.39 is 0 Å². The van der Waals surface area contributed by atoms with Crippen molar-refractivity contribution in [3.05, 3.63) is 0 Å². The van der Waals surface area contributed by atoms with Gasteiger partial charge in [0.1, 0.15) is 0 Å². The SMILES string of the molecule is CCN1CCCC1CNCC(O)CN1CCOCC1. The highest BCUT2D eigenvalue weighted by Gasteiger charge is 2.22. The van der Waals surface area contributed by atoms with E-state index in [0.717, 1.165) is 45.9 Å². The van der Waals surface area contributed by atoms with E-state index in [1.807, 2.05) is 0 Å². The highest BCUT2D eigenvalue weighted by Crippen LogP contribution is 2.15. The Balaban J connectivity index is 1.56. The van der Waals surface area contributed by atoms with Crippen LogP contribution < -0.4 is 5.32 Å². The fourth-order valence-corrected chi connectivity index (χ4v) is 3.11. The van der Waals surface area contributed by atoms with Crippen LogP contribution in [0.3, 0.4) is 0 Å². The summed E-state index contributed by atoms with van der Waals surface area (Å²) in [5.74, 6) is 0. The number of likely N-dealkylation sites (tertiary alicyclic amines) is 1. The summed E-state index contributed by atoms with van der Waals surface area (Å²) >= 11 is 0. The van der Waals surface area contributed by atoms with Crippen molar-refractivity contribution >= 4 is 0 Å². The van der Waals surface area contributed by atoms with Crippen LogP contribution in [0.4, 0.5) is 0 Å². The lowest BCUT2D eigenvalue weighted by Crippen LogP contribution is -2.45. The molecule has 0 aromatic rings. The van der Waals surface area contributed by atoms with Crippen LogP contribution in [0.2, 0.25) is 0 Å². The summed E-state index contributed by atoms with van der Waals surface area (Å²) in [6.45, 7) is 10.6. The van der Waals surface area contributed by atoms with Crippen molar-refractivity contribution in [1.82, 2.24) is 15.1 Å². The van der Waals surface area contributed by atoms with Crippen LogP contribution in [0, 0.1) is 0 Å². The molecule has 2 saturated heterocycles. The molecule has 2 atom stereocenters. The van der Waals surface area contributed by atoms with E-state index in [-0.39, 0.29) is 6.10 Å². The van der Waals surface area contributed by atoms with E-state index in [4.69, 9.17) is 4.74 Å². The molecule has 2 fully saturated rings. The number of nitrogens with one attached hydrogen (secondary N) is 1. The van der Waals surface area contributed by atoms with Crippen LogP contribution in [-0.2, 0) is 4.74 Å². The van der Waals surface area contributed by atoms with Gasteiger partial charge in [-0.15, -0.1) is 0 Å². The number of β-amino-alcohol motifs (C(OH)–C–C–N with tert-alkyl or cyclic N) is 1. The number of aliphatic hydroxyl groups excluding tert-OH is 1. The van der Waals surface area contributed by atoms with Crippen molar-refractivity contribution in [2.75, 3.05) is 59.0 Å². The summed E-state index contributed by atoms with van der Waals surface area (Å²) in [6.07, 6.45) is 2.34. The quantitative estimate of drug-likeness (QED) is 0.669. The number of aliphatic hydroxyl groups is 1. The average Bonchev–Trinajstić information content (AvgIpc) is 2.87. The van der Waals surface area contributed by atoms with Gasteiger partial charge in [-0.1, -0.05) is 6.92 Å². The second-order valence-corrected chi connectivity index (χ2v) is 5.65. The van der Waals surface area contributed by atoms with Gasteiger partial charge in [0.15, 0.2) is 0 Å². The number of rotatable bonds is 7. The monoisotopic (exact) mass is 271 g/mol. The average molecular weight is 271 g/mol. The zero-order valence-corrected chi connectivity index (χ0v) is 12.2. The van der Waals surface area contributed by atoms with Crippen molar-refractivity contribution in [1.29, 1.82) is 0 Å². The van der Waals surface area contributed by atoms with Gasteiger partial charge in [-0.25, -0.2) is 0 Å². The Morgan fingerprint density at radius 1 is 1.32 bits per heavy atom. The third kappa shape index (κ3) is 5.00. The molecule has 0 spiro atoms. The zero-order chi connectivity index (χ0) is 13.5. The van der Waals surface area contributed by atoms with Gasteiger partial charge in [-0.2, -0.15) is 0 Å². The Kier molecular flexibility index (Phi) is 6.53. The van der Waals surface area contributed by atoms with Gasteiger partial charge >= 0.3 is 0 Å². The Bertz CT molecular complexity index is 247. The first kappa shape index (κ1) is 15.2. The second kappa shape index (κ2) is 8.17. The lowest BCUT2D eigenvalue weighted by Gasteiger charge is -2.29. The third-order valence-electron chi connectivity index (χ3n) is 4.24. The van der Waals surface area contributed by atoms with Gasteiger partial charge in [0, 0.05) is 38.8 Å². The molecule has 2 aliphatic rings. The number of likely N-dealkylation sites (N-methyl/N-ethyl adjacent to an activating group) is 1. The molecule has 112 valence electrons. The lowest BCUT2D eigenvalue weighted by molar-refractivity contribution is 0.0147. The molecule has 19 heavy (non-hydrogen) atoms. The summed E-state index contributed by atoms with van der Waals surface area (Å²) in [7, 11) is 0. The Morgan fingerprint density at radius 2 is 2.11 bits per heavy atom. The smallest absolute Gasteiger partial charge is 0.0791 e. The van der Waals surface area contributed by atoms with Crippen LogP contribution in [0.5, 0.6) is 0 Å². The van der Waals surface area contributed by atoms with Gasteiger partial charge in [0.2, 0.25) is 0 Å². The predicted octanol–water partition coefficient (Wildman–Crippen LogP) is -0.247.